The molecule has 3 rings (SSSR count). The Kier molecular flexibility index (Phi) is 4.76. The van der Waals surface area contributed by atoms with Crippen LogP contribution in [0.25, 0.3) is 0 Å². The van der Waals surface area contributed by atoms with Gasteiger partial charge in [0.1, 0.15) is 0 Å². The number of carbonyl (C=O) groups is 3. The number of amides is 1. The molecular weight excluding hydrogens is 316 g/mol. The van der Waals surface area contributed by atoms with Gasteiger partial charge in [-0.15, -0.1) is 0 Å². The number of likely N-dealkylation sites (N-methyl/N-ethyl adjacent to an activating group) is 1. The fraction of sp³-hybridized carbons (Fsp3) is 0.250. The number of nitrogens with zero attached hydrogens (tertiary/aromatic N) is 1. The van der Waals surface area contributed by atoms with Gasteiger partial charge >= 0.3 is 0 Å². The van der Waals surface area contributed by atoms with Gasteiger partial charge in [-0.2, -0.15) is 0 Å². The molecule has 25 heavy (non-hydrogen) atoms. The predicted octanol–water partition coefficient (Wildman–Crippen LogP) is 2.14. The fourth-order valence-corrected chi connectivity index (χ4v) is 2.86. The SMILES string of the molecule is CCN(C)CCNC(=O)c1ccc2c(c1)C(=O)c1ccccc1C2=O. The molecule has 0 saturated carbocycles. The van der Waals surface area contributed by atoms with Crippen molar-refractivity contribution in [3.8, 4) is 0 Å². The van der Waals surface area contributed by atoms with Crippen molar-refractivity contribution in [2.24, 2.45) is 0 Å². The Labute approximate surface area is 146 Å². The van der Waals surface area contributed by atoms with E-state index in [-0.39, 0.29) is 17.5 Å². The number of rotatable bonds is 5. The van der Waals surface area contributed by atoms with Crippen molar-refractivity contribution in [3.63, 3.8) is 0 Å². The summed E-state index contributed by atoms with van der Waals surface area (Å²) in [6.07, 6.45) is 0. The Morgan fingerprint density at radius 3 is 2.20 bits per heavy atom. The third kappa shape index (κ3) is 3.23. The highest BCUT2D eigenvalue weighted by Crippen LogP contribution is 2.27. The van der Waals surface area contributed by atoms with Crippen molar-refractivity contribution in [2.75, 3.05) is 26.7 Å². The molecule has 0 aliphatic heterocycles. The maximum absolute atomic E-state index is 12.7. The van der Waals surface area contributed by atoms with Crippen molar-refractivity contribution in [3.05, 3.63) is 70.3 Å². The summed E-state index contributed by atoms with van der Waals surface area (Å²) in [5.41, 5.74) is 1.84. The van der Waals surface area contributed by atoms with Crippen molar-refractivity contribution in [1.29, 1.82) is 0 Å². The van der Waals surface area contributed by atoms with Crippen molar-refractivity contribution < 1.29 is 14.4 Å². The first-order valence-corrected chi connectivity index (χ1v) is 8.32. The molecule has 1 aliphatic carbocycles. The van der Waals surface area contributed by atoms with Gasteiger partial charge in [-0.25, -0.2) is 0 Å². The summed E-state index contributed by atoms with van der Waals surface area (Å²) < 4.78 is 0. The standard InChI is InChI=1S/C20H20N2O3/c1-3-22(2)11-10-21-20(25)13-8-9-16-17(12-13)19(24)15-7-5-4-6-14(15)18(16)23/h4-9,12H,3,10-11H2,1-2H3,(H,21,25). The van der Waals surface area contributed by atoms with Crippen LogP contribution in [0.5, 0.6) is 0 Å². The highest BCUT2D eigenvalue weighted by atomic mass is 16.2. The van der Waals surface area contributed by atoms with Gasteiger partial charge in [0.05, 0.1) is 0 Å². The molecule has 0 heterocycles. The maximum atomic E-state index is 12.7. The lowest BCUT2D eigenvalue weighted by Crippen LogP contribution is -2.33. The van der Waals surface area contributed by atoms with Crippen LogP contribution >= 0.6 is 0 Å². The molecule has 2 aromatic carbocycles. The first-order chi connectivity index (χ1) is 12.0. The summed E-state index contributed by atoms with van der Waals surface area (Å²) in [4.78, 5) is 39.6. The summed E-state index contributed by atoms with van der Waals surface area (Å²) in [7, 11) is 1.98. The molecule has 0 unspecified atom stereocenters. The number of hydrogen-bond donors (Lipinski definition) is 1. The predicted molar refractivity (Wildman–Crippen MR) is 95.3 cm³/mol. The van der Waals surface area contributed by atoms with E-state index in [1.165, 1.54) is 6.07 Å². The van der Waals surface area contributed by atoms with E-state index in [4.69, 9.17) is 0 Å². The van der Waals surface area contributed by atoms with Crippen LogP contribution in [0.2, 0.25) is 0 Å². The maximum Gasteiger partial charge on any atom is 0.251 e. The molecule has 128 valence electrons. The van der Waals surface area contributed by atoms with E-state index in [2.05, 4.69) is 10.2 Å². The molecule has 0 bridgehead atoms. The minimum atomic E-state index is -0.244. The van der Waals surface area contributed by atoms with Crippen molar-refractivity contribution in [1.82, 2.24) is 10.2 Å². The number of fused-ring (bicyclic) bond motifs is 2. The monoisotopic (exact) mass is 336 g/mol. The molecule has 0 saturated heterocycles. The molecule has 0 radical (unpaired) electrons. The highest BCUT2D eigenvalue weighted by molar-refractivity contribution is 6.28. The summed E-state index contributed by atoms with van der Waals surface area (Å²) in [5.74, 6) is -0.640. The van der Waals surface area contributed by atoms with Gasteiger partial charge in [0.2, 0.25) is 0 Å². The lowest BCUT2D eigenvalue weighted by Gasteiger charge is -2.18. The minimum Gasteiger partial charge on any atom is -0.351 e. The summed E-state index contributed by atoms with van der Waals surface area (Å²) in [6.45, 7) is 4.23. The summed E-state index contributed by atoms with van der Waals surface area (Å²) >= 11 is 0. The number of hydrogen-bond acceptors (Lipinski definition) is 4. The third-order valence-corrected chi connectivity index (χ3v) is 4.51. The molecule has 0 spiro atoms. The third-order valence-electron chi connectivity index (χ3n) is 4.51. The van der Waals surface area contributed by atoms with Crippen LogP contribution in [0.1, 0.15) is 49.1 Å². The Bertz CT molecular complexity index is 858. The zero-order valence-electron chi connectivity index (χ0n) is 14.3. The van der Waals surface area contributed by atoms with Crippen LogP contribution < -0.4 is 5.32 Å². The number of nitrogens with one attached hydrogen (secondary N) is 1. The number of ketones is 2. The average molecular weight is 336 g/mol. The number of benzene rings is 2. The first-order valence-electron chi connectivity index (χ1n) is 8.32. The topological polar surface area (TPSA) is 66.5 Å². The molecule has 0 aromatic heterocycles. The van der Waals surface area contributed by atoms with Gasteiger partial charge in [-0.3, -0.25) is 14.4 Å². The van der Waals surface area contributed by atoms with E-state index in [0.29, 0.717) is 34.4 Å². The molecule has 1 N–H and O–H groups in total. The average Bonchev–Trinajstić information content (AvgIpc) is 2.65. The number of carbonyl (C=O) groups excluding carboxylic acids is 3. The molecule has 1 aliphatic rings. The van der Waals surface area contributed by atoms with Gasteiger partial charge < -0.3 is 10.2 Å². The molecule has 0 fully saturated rings. The van der Waals surface area contributed by atoms with Crippen LogP contribution in [0.15, 0.2) is 42.5 Å². The molecule has 2 aromatic rings. The molecular formula is C20H20N2O3. The van der Waals surface area contributed by atoms with Gasteiger partial charge in [0.15, 0.2) is 11.6 Å². The minimum absolute atomic E-state index is 0.179. The van der Waals surface area contributed by atoms with Gasteiger partial charge in [-0.1, -0.05) is 31.2 Å². The van der Waals surface area contributed by atoms with Crippen LogP contribution in [0.4, 0.5) is 0 Å². The van der Waals surface area contributed by atoms with E-state index in [1.54, 1.807) is 36.4 Å². The van der Waals surface area contributed by atoms with Crippen LogP contribution in [-0.2, 0) is 0 Å². The second kappa shape index (κ2) is 6.99. The zero-order valence-corrected chi connectivity index (χ0v) is 14.3. The van der Waals surface area contributed by atoms with Crippen molar-refractivity contribution in [2.45, 2.75) is 6.92 Å². The zero-order chi connectivity index (χ0) is 18.0. The second-order valence-corrected chi connectivity index (χ2v) is 6.12. The van der Waals surface area contributed by atoms with Gasteiger partial charge in [0, 0.05) is 40.9 Å². The van der Waals surface area contributed by atoms with E-state index in [9.17, 15) is 14.4 Å². The van der Waals surface area contributed by atoms with Crippen LogP contribution in [0, 0.1) is 0 Å². The highest BCUT2D eigenvalue weighted by Gasteiger charge is 2.29. The van der Waals surface area contributed by atoms with Gasteiger partial charge in [0.25, 0.3) is 5.91 Å². The van der Waals surface area contributed by atoms with Gasteiger partial charge in [-0.05, 0) is 31.8 Å². The molecule has 1 amide bonds. The summed E-state index contributed by atoms with van der Waals surface area (Å²) in [6, 6.07) is 11.5. The summed E-state index contributed by atoms with van der Waals surface area (Å²) in [5, 5.41) is 2.84. The quantitative estimate of drug-likeness (QED) is 0.775. The molecule has 0 atom stereocenters. The molecule has 5 nitrogen and oxygen atoms in total. The first kappa shape index (κ1) is 17.0. The van der Waals surface area contributed by atoms with Crippen LogP contribution in [-0.4, -0.2) is 49.1 Å². The lowest BCUT2D eigenvalue weighted by molar-refractivity contribution is 0.0947. The van der Waals surface area contributed by atoms with Crippen molar-refractivity contribution >= 4 is 17.5 Å². The van der Waals surface area contributed by atoms with Crippen LogP contribution in [0.3, 0.4) is 0 Å². The Morgan fingerprint density at radius 2 is 1.56 bits per heavy atom. The normalized spacial score (nSPS) is 12.8. The Morgan fingerprint density at radius 1 is 0.960 bits per heavy atom. The smallest absolute Gasteiger partial charge is 0.251 e. The fourth-order valence-electron chi connectivity index (χ4n) is 2.86. The largest absolute Gasteiger partial charge is 0.351 e. The van der Waals surface area contributed by atoms with E-state index >= 15 is 0 Å². The van der Waals surface area contributed by atoms with E-state index < -0.39 is 0 Å². The lowest BCUT2D eigenvalue weighted by atomic mass is 9.83. The molecule has 5 heteroatoms. The van der Waals surface area contributed by atoms with E-state index in [0.717, 1.165) is 13.1 Å². The Hall–Kier alpha value is -2.79. The second-order valence-electron chi connectivity index (χ2n) is 6.12. The Balaban J connectivity index is 1.84. The van der Waals surface area contributed by atoms with E-state index in [1.807, 2.05) is 14.0 Å².